The number of thioether (sulfide) groups is 1. The molecule has 0 fully saturated rings. The van der Waals surface area contributed by atoms with Gasteiger partial charge in [0.1, 0.15) is 0 Å². The van der Waals surface area contributed by atoms with Crippen molar-refractivity contribution >= 4 is 50.6 Å². The fourth-order valence-electron chi connectivity index (χ4n) is 1.44. The quantitative estimate of drug-likeness (QED) is 0.801. The number of carbonyl (C=O) groups excluding carboxylic acids is 1. The fraction of sp³-hybridized carbons (Fsp3) is 0.154. The van der Waals surface area contributed by atoms with Gasteiger partial charge in [-0.05, 0) is 35.7 Å². The van der Waals surface area contributed by atoms with E-state index in [1.165, 1.54) is 23.1 Å². The molecule has 0 radical (unpaired) electrons. The van der Waals surface area contributed by atoms with E-state index < -0.39 is 0 Å². The number of carbonyl (C=O) groups is 1. The summed E-state index contributed by atoms with van der Waals surface area (Å²) in [7, 11) is 0. The van der Waals surface area contributed by atoms with Crippen molar-refractivity contribution in [3.63, 3.8) is 0 Å². The number of benzene rings is 1. The lowest BCUT2D eigenvalue weighted by atomic mass is 10.4. The molecule has 19 heavy (non-hydrogen) atoms. The summed E-state index contributed by atoms with van der Waals surface area (Å²) in [4.78, 5) is 13.6. The van der Waals surface area contributed by atoms with E-state index in [1.54, 1.807) is 6.07 Å². The van der Waals surface area contributed by atoms with Crippen LogP contribution in [0.25, 0.3) is 0 Å². The van der Waals surface area contributed by atoms with Crippen LogP contribution in [-0.2, 0) is 11.4 Å². The summed E-state index contributed by atoms with van der Waals surface area (Å²) >= 11 is 6.28. The molecule has 0 aliphatic rings. The number of nitrogens with one attached hydrogen (secondary N) is 1. The van der Waals surface area contributed by atoms with Gasteiger partial charge in [-0.1, -0.05) is 15.9 Å². The molecule has 0 bridgehead atoms. The predicted molar refractivity (Wildman–Crippen MR) is 83.7 cm³/mol. The first kappa shape index (κ1) is 14.6. The number of hydrogen-bond acceptors (Lipinski definition) is 4. The Morgan fingerprint density at radius 3 is 2.74 bits per heavy atom. The Balaban J connectivity index is 1.86. The minimum absolute atomic E-state index is 0.0485. The minimum Gasteiger partial charge on any atom is -0.391 e. The maximum Gasteiger partial charge on any atom is 0.234 e. The second kappa shape index (κ2) is 7.09. The van der Waals surface area contributed by atoms with Gasteiger partial charge in [-0.3, -0.25) is 4.79 Å². The van der Waals surface area contributed by atoms with Gasteiger partial charge in [-0.2, -0.15) is 0 Å². The molecule has 2 rings (SSSR count). The molecular formula is C13H12BrNO2S2. The van der Waals surface area contributed by atoms with Gasteiger partial charge in [0.25, 0.3) is 0 Å². The van der Waals surface area contributed by atoms with Crippen molar-refractivity contribution in [1.29, 1.82) is 0 Å². The van der Waals surface area contributed by atoms with Crippen molar-refractivity contribution in [2.75, 3.05) is 11.1 Å². The third-order valence-electron chi connectivity index (χ3n) is 2.35. The summed E-state index contributed by atoms with van der Waals surface area (Å²) in [5.41, 5.74) is 0.703. The van der Waals surface area contributed by atoms with E-state index in [0.29, 0.717) is 11.4 Å². The minimum atomic E-state index is -0.0685. The fourth-order valence-corrected chi connectivity index (χ4v) is 3.09. The Morgan fingerprint density at radius 2 is 2.05 bits per heavy atom. The van der Waals surface area contributed by atoms with E-state index in [4.69, 9.17) is 5.11 Å². The smallest absolute Gasteiger partial charge is 0.234 e. The zero-order chi connectivity index (χ0) is 13.7. The van der Waals surface area contributed by atoms with Crippen molar-refractivity contribution in [2.45, 2.75) is 11.5 Å². The van der Waals surface area contributed by atoms with Gasteiger partial charge in [0, 0.05) is 9.37 Å². The van der Waals surface area contributed by atoms with Gasteiger partial charge in [-0.15, -0.1) is 23.1 Å². The average molecular weight is 358 g/mol. The molecule has 0 atom stereocenters. The molecule has 1 heterocycles. The highest BCUT2D eigenvalue weighted by Gasteiger charge is 2.08. The lowest BCUT2D eigenvalue weighted by Crippen LogP contribution is -2.14. The highest BCUT2D eigenvalue weighted by atomic mass is 79.9. The van der Waals surface area contributed by atoms with Crippen LogP contribution in [-0.4, -0.2) is 16.8 Å². The largest absolute Gasteiger partial charge is 0.391 e. The number of anilines is 1. The van der Waals surface area contributed by atoms with E-state index in [9.17, 15) is 4.79 Å². The second-order valence-electron chi connectivity index (χ2n) is 3.71. The summed E-state index contributed by atoms with van der Waals surface area (Å²) in [6.07, 6.45) is 0. The highest BCUT2D eigenvalue weighted by molar-refractivity contribution is 9.10. The summed E-state index contributed by atoms with van der Waals surface area (Å²) in [6, 6.07) is 9.63. The van der Waals surface area contributed by atoms with Crippen molar-refractivity contribution < 1.29 is 9.90 Å². The first-order valence-corrected chi connectivity index (χ1v) is 8.20. The van der Waals surface area contributed by atoms with E-state index in [1.807, 2.05) is 29.6 Å². The molecular weight excluding hydrogens is 346 g/mol. The molecule has 0 spiro atoms. The van der Waals surface area contributed by atoms with Gasteiger partial charge in [0.05, 0.1) is 22.9 Å². The van der Waals surface area contributed by atoms with Gasteiger partial charge in [-0.25, -0.2) is 0 Å². The van der Waals surface area contributed by atoms with Crippen molar-refractivity contribution in [1.82, 2.24) is 0 Å². The van der Waals surface area contributed by atoms with Crippen LogP contribution in [0, 0.1) is 0 Å². The Bertz CT molecular complexity index is 554. The van der Waals surface area contributed by atoms with Crippen molar-refractivity contribution in [3.8, 4) is 0 Å². The number of amides is 1. The molecule has 0 aliphatic carbocycles. The Morgan fingerprint density at radius 1 is 1.32 bits per heavy atom. The van der Waals surface area contributed by atoms with Crippen LogP contribution >= 0.6 is 39.0 Å². The molecule has 6 heteroatoms. The van der Waals surface area contributed by atoms with Gasteiger partial charge in [0.2, 0.25) is 5.91 Å². The first-order valence-electron chi connectivity index (χ1n) is 5.54. The number of thiophene rings is 1. The zero-order valence-corrected chi connectivity index (χ0v) is 13.1. The lowest BCUT2D eigenvalue weighted by molar-refractivity contribution is -0.113. The van der Waals surface area contributed by atoms with Crippen molar-refractivity contribution in [3.05, 3.63) is 45.1 Å². The number of aliphatic hydroxyl groups is 1. The van der Waals surface area contributed by atoms with Gasteiger partial charge in [0.15, 0.2) is 0 Å². The Kier molecular flexibility index (Phi) is 5.45. The SMILES string of the molecule is O=C(CSc1ccc(Br)cc1)Nc1ccsc1CO. The predicted octanol–water partition coefficient (Wildman–Crippen LogP) is 3.73. The first-order chi connectivity index (χ1) is 9.19. The van der Waals surface area contributed by atoms with Crippen LogP contribution in [0.15, 0.2) is 45.1 Å². The summed E-state index contributed by atoms with van der Waals surface area (Å²) in [5, 5.41) is 13.8. The lowest BCUT2D eigenvalue weighted by Gasteiger charge is -2.05. The molecule has 1 aromatic heterocycles. The maximum atomic E-state index is 11.8. The second-order valence-corrected chi connectivity index (χ2v) is 6.67. The van der Waals surface area contributed by atoms with Crippen LogP contribution < -0.4 is 5.32 Å². The van der Waals surface area contributed by atoms with Gasteiger partial charge >= 0.3 is 0 Å². The molecule has 2 aromatic rings. The summed E-state index contributed by atoms with van der Waals surface area (Å²) in [5.74, 6) is 0.281. The number of rotatable bonds is 5. The normalized spacial score (nSPS) is 10.4. The van der Waals surface area contributed by atoms with Crippen LogP contribution in [0.5, 0.6) is 0 Å². The molecule has 0 saturated carbocycles. The molecule has 0 aliphatic heterocycles. The molecule has 0 unspecified atom stereocenters. The third kappa shape index (κ3) is 4.35. The monoisotopic (exact) mass is 357 g/mol. The molecule has 1 amide bonds. The third-order valence-corrected chi connectivity index (χ3v) is 4.79. The highest BCUT2D eigenvalue weighted by Crippen LogP contribution is 2.24. The van der Waals surface area contributed by atoms with Gasteiger partial charge < -0.3 is 10.4 Å². The zero-order valence-electron chi connectivity index (χ0n) is 9.93. The molecule has 2 N–H and O–H groups in total. The maximum absolute atomic E-state index is 11.8. The van der Waals surface area contributed by atoms with Crippen LogP contribution in [0.1, 0.15) is 4.88 Å². The topological polar surface area (TPSA) is 49.3 Å². The standard InChI is InChI=1S/C13H12BrNO2S2/c14-9-1-3-10(4-2-9)19-8-13(17)15-11-5-6-18-12(11)7-16/h1-6,16H,7-8H2,(H,15,17). The average Bonchev–Trinajstić information content (AvgIpc) is 2.85. The van der Waals surface area contributed by atoms with E-state index in [2.05, 4.69) is 21.2 Å². The number of hydrogen-bond donors (Lipinski definition) is 2. The molecule has 1 aromatic carbocycles. The summed E-state index contributed by atoms with van der Waals surface area (Å²) in [6.45, 7) is -0.0485. The van der Waals surface area contributed by atoms with E-state index in [-0.39, 0.29) is 12.5 Å². The molecule has 3 nitrogen and oxygen atoms in total. The Hall–Kier alpha value is -0.820. The number of aliphatic hydroxyl groups excluding tert-OH is 1. The van der Waals surface area contributed by atoms with Crippen molar-refractivity contribution in [2.24, 2.45) is 0 Å². The molecule has 0 saturated heterocycles. The van der Waals surface area contributed by atoms with Crippen LogP contribution in [0.4, 0.5) is 5.69 Å². The van der Waals surface area contributed by atoms with Crippen LogP contribution in [0.2, 0.25) is 0 Å². The number of halogens is 1. The van der Waals surface area contributed by atoms with E-state index >= 15 is 0 Å². The van der Waals surface area contributed by atoms with Crippen LogP contribution in [0.3, 0.4) is 0 Å². The molecule has 100 valence electrons. The Labute approximate surface area is 128 Å². The van der Waals surface area contributed by atoms with E-state index in [0.717, 1.165) is 14.2 Å². The summed E-state index contributed by atoms with van der Waals surface area (Å²) < 4.78 is 1.02.